The number of ether oxygens (including phenoxy) is 2. The minimum absolute atomic E-state index is 0.149. The van der Waals surface area contributed by atoms with Gasteiger partial charge in [-0.2, -0.15) is 13.2 Å². The molecular formula is C23H19F4N3O4. The van der Waals surface area contributed by atoms with Gasteiger partial charge in [0.2, 0.25) is 5.88 Å². The number of halogens is 4. The van der Waals surface area contributed by atoms with Gasteiger partial charge in [-0.1, -0.05) is 0 Å². The van der Waals surface area contributed by atoms with Crippen LogP contribution in [0.2, 0.25) is 0 Å². The van der Waals surface area contributed by atoms with Crippen molar-refractivity contribution in [2.45, 2.75) is 19.0 Å². The topological polar surface area (TPSA) is 82.4 Å². The smallest absolute Gasteiger partial charge is 0.422 e. The predicted octanol–water partition coefficient (Wildman–Crippen LogP) is 4.35. The number of alkyl halides is 3. The van der Waals surface area contributed by atoms with Crippen LogP contribution >= 0.6 is 0 Å². The number of amides is 1. The molecule has 0 aliphatic heterocycles. The molecule has 0 saturated heterocycles. The van der Waals surface area contributed by atoms with E-state index in [1.807, 2.05) is 0 Å². The molecule has 4 rings (SSSR count). The van der Waals surface area contributed by atoms with Crippen LogP contribution in [0, 0.1) is 11.7 Å². The highest BCUT2D eigenvalue weighted by atomic mass is 19.4. The quantitative estimate of drug-likeness (QED) is 0.488. The summed E-state index contributed by atoms with van der Waals surface area (Å²) < 4.78 is 62.5. The lowest BCUT2D eigenvalue weighted by Crippen LogP contribution is -2.28. The summed E-state index contributed by atoms with van der Waals surface area (Å²) in [6.07, 6.45) is 0.223. The van der Waals surface area contributed by atoms with E-state index in [0.717, 1.165) is 35.6 Å². The molecule has 178 valence electrons. The fourth-order valence-corrected chi connectivity index (χ4v) is 3.04. The Labute approximate surface area is 191 Å². The van der Waals surface area contributed by atoms with E-state index in [0.29, 0.717) is 24.1 Å². The molecule has 1 fully saturated rings. The Kier molecular flexibility index (Phi) is 6.53. The van der Waals surface area contributed by atoms with Crippen molar-refractivity contribution in [1.82, 2.24) is 9.55 Å². The van der Waals surface area contributed by atoms with Gasteiger partial charge in [-0.25, -0.2) is 9.37 Å². The zero-order chi connectivity index (χ0) is 24.3. The molecule has 0 atom stereocenters. The average Bonchev–Trinajstić information content (AvgIpc) is 3.62. The van der Waals surface area contributed by atoms with Gasteiger partial charge in [0.05, 0.1) is 24.2 Å². The third-order valence-electron chi connectivity index (χ3n) is 4.92. The highest BCUT2D eigenvalue weighted by Gasteiger charge is 2.29. The van der Waals surface area contributed by atoms with Crippen LogP contribution in [-0.4, -0.2) is 34.8 Å². The SMILES string of the molecule is O=C(Nc1ccc(OCC2CC2)nc1)c1cccn(-c2ccc(F)cc2OCC(F)(F)F)c1=O. The van der Waals surface area contributed by atoms with Crippen molar-refractivity contribution in [2.75, 3.05) is 18.5 Å². The van der Waals surface area contributed by atoms with E-state index in [1.165, 1.54) is 24.5 Å². The van der Waals surface area contributed by atoms with Crippen LogP contribution in [0.3, 0.4) is 0 Å². The molecule has 0 radical (unpaired) electrons. The first-order chi connectivity index (χ1) is 16.2. The van der Waals surface area contributed by atoms with E-state index < -0.39 is 35.8 Å². The predicted molar refractivity (Wildman–Crippen MR) is 114 cm³/mol. The first-order valence-corrected chi connectivity index (χ1v) is 10.3. The highest BCUT2D eigenvalue weighted by molar-refractivity contribution is 6.03. The van der Waals surface area contributed by atoms with Crippen LogP contribution in [0.4, 0.5) is 23.2 Å². The van der Waals surface area contributed by atoms with Gasteiger partial charge in [-0.05, 0) is 49.1 Å². The van der Waals surface area contributed by atoms with Crippen molar-refractivity contribution in [3.63, 3.8) is 0 Å². The van der Waals surface area contributed by atoms with Crippen molar-refractivity contribution in [2.24, 2.45) is 5.92 Å². The summed E-state index contributed by atoms with van der Waals surface area (Å²) in [5.41, 5.74) is -0.956. The normalized spacial score (nSPS) is 13.4. The van der Waals surface area contributed by atoms with E-state index in [2.05, 4.69) is 10.3 Å². The molecule has 0 bridgehead atoms. The second-order valence-electron chi connectivity index (χ2n) is 7.71. The molecule has 1 aliphatic carbocycles. The van der Waals surface area contributed by atoms with Gasteiger partial charge in [0.1, 0.15) is 17.1 Å². The van der Waals surface area contributed by atoms with E-state index in [9.17, 15) is 27.2 Å². The molecule has 1 aliphatic rings. The number of pyridine rings is 2. The number of rotatable bonds is 8. The largest absolute Gasteiger partial charge is 0.482 e. The molecule has 2 aromatic heterocycles. The molecule has 1 N–H and O–H groups in total. The van der Waals surface area contributed by atoms with Crippen LogP contribution in [0.25, 0.3) is 5.69 Å². The van der Waals surface area contributed by atoms with Crippen molar-refractivity contribution >= 4 is 11.6 Å². The van der Waals surface area contributed by atoms with Crippen molar-refractivity contribution in [1.29, 1.82) is 0 Å². The zero-order valence-corrected chi connectivity index (χ0v) is 17.6. The lowest BCUT2D eigenvalue weighted by molar-refractivity contribution is -0.153. The second-order valence-corrected chi connectivity index (χ2v) is 7.71. The summed E-state index contributed by atoms with van der Waals surface area (Å²) in [6.45, 7) is -1.09. The summed E-state index contributed by atoms with van der Waals surface area (Å²) >= 11 is 0. The molecular weight excluding hydrogens is 458 g/mol. The Morgan fingerprint density at radius 3 is 2.62 bits per heavy atom. The van der Waals surface area contributed by atoms with Crippen LogP contribution < -0.4 is 20.3 Å². The number of nitrogens with one attached hydrogen (secondary N) is 1. The third-order valence-corrected chi connectivity index (χ3v) is 4.92. The number of hydrogen-bond acceptors (Lipinski definition) is 5. The van der Waals surface area contributed by atoms with Gasteiger partial charge in [-0.3, -0.25) is 14.2 Å². The van der Waals surface area contributed by atoms with Crippen LogP contribution in [0.1, 0.15) is 23.2 Å². The second kappa shape index (κ2) is 9.54. The summed E-state index contributed by atoms with van der Waals surface area (Å²) in [7, 11) is 0. The van der Waals surface area contributed by atoms with Gasteiger partial charge in [0.25, 0.3) is 11.5 Å². The molecule has 3 aromatic rings. The van der Waals surface area contributed by atoms with Crippen molar-refractivity contribution < 1.29 is 31.8 Å². The van der Waals surface area contributed by atoms with Gasteiger partial charge >= 0.3 is 6.18 Å². The molecule has 0 spiro atoms. The van der Waals surface area contributed by atoms with Gasteiger partial charge < -0.3 is 14.8 Å². The van der Waals surface area contributed by atoms with Crippen molar-refractivity contribution in [3.8, 4) is 17.3 Å². The number of nitrogens with zero attached hydrogens (tertiary/aromatic N) is 2. The standard InChI is InChI=1S/C23H19F4N3O4/c24-15-5-7-18(19(10-15)34-13-23(25,26)27)30-9-1-2-17(22(30)32)21(31)29-16-6-8-20(28-11-16)33-12-14-3-4-14/h1-2,5-11,14H,3-4,12-13H2,(H,29,31). The molecule has 1 aromatic carbocycles. The molecule has 11 heteroatoms. The first-order valence-electron chi connectivity index (χ1n) is 10.3. The molecule has 7 nitrogen and oxygen atoms in total. The number of carbonyl (C=O) groups is 1. The number of benzene rings is 1. The highest BCUT2D eigenvalue weighted by Crippen LogP contribution is 2.29. The number of aromatic nitrogens is 2. The number of carbonyl (C=O) groups excluding carboxylic acids is 1. The summed E-state index contributed by atoms with van der Waals surface area (Å²) in [5.74, 6) is -1.13. The molecule has 2 heterocycles. The minimum Gasteiger partial charge on any atom is -0.482 e. The average molecular weight is 477 g/mol. The molecule has 34 heavy (non-hydrogen) atoms. The van der Waals surface area contributed by atoms with E-state index in [4.69, 9.17) is 9.47 Å². The third kappa shape index (κ3) is 5.91. The Bertz CT molecular complexity index is 1240. The molecule has 0 unspecified atom stereocenters. The first kappa shape index (κ1) is 23.3. The van der Waals surface area contributed by atoms with E-state index in [-0.39, 0.29) is 11.3 Å². The summed E-state index contributed by atoms with van der Waals surface area (Å²) in [4.78, 5) is 29.8. The Morgan fingerprint density at radius 2 is 1.94 bits per heavy atom. The number of anilines is 1. The van der Waals surface area contributed by atoms with Crippen LogP contribution in [0.5, 0.6) is 11.6 Å². The maximum atomic E-state index is 13.6. The van der Waals surface area contributed by atoms with Crippen LogP contribution in [0.15, 0.2) is 59.7 Å². The maximum Gasteiger partial charge on any atom is 0.422 e. The molecule has 1 saturated carbocycles. The Balaban J connectivity index is 1.54. The zero-order valence-electron chi connectivity index (χ0n) is 17.6. The van der Waals surface area contributed by atoms with Gasteiger partial charge in [0, 0.05) is 18.3 Å². The minimum atomic E-state index is -4.66. The fraction of sp³-hybridized carbons (Fsp3) is 0.261. The van der Waals surface area contributed by atoms with Crippen molar-refractivity contribution in [3.05, 3.63) is 76.6 Å². The van der Waals surface area contributed by atoms with Gasteiger partial charge in [0.15, 0.2) is 6.61 Å². The Morgan fingerprint density at radius 1 is 1.15 bits per heavy atom. The van der Waals surface area contributed by atoms with E-state index >= 15 is 0 Å². The fourth-order valence-electron chi connectivity index (χ4n) is 3.04. The van der Waals surface area contributed by atoms with Gasteiger partial charge in [-0.15, -0.1) is 0 Å². The molecule has 1 amide bonds. The maximum absolute atomic E-state index is 13.6. The lowest BCUT2D eigenvalue weighted by atomic mass is 10.2. The van der Waals surface area contributed by atoms with Crippen LogP contribution in [-0.2, 0) is 0 Å². The number of hydrogen-bond donors (Lipinski definition) is 1. The summed E-state index contributed by atoms with van der Waals surface area (Å²) in [6, 6.07) is 8.57. The van der Waals surface area contributed by atoms with E-state index in [1.54, 1.807) is 12.1 Å². The Hall–Kier alpha value is -3.89. The monoisotopic (exact) mass is 477 g/mol. The lowest BCUT2D eigenvalue weighted by Gasteiger charge is -2.15. The summed E-state index contributed by atoms with van der Waals surface area (Å²) in [5, 5.41) is 2.54.